The summed E-state index contributed by atoms with van der Waals surface area (Å²) in [7, 11) is 0. The molecule has 0 bridgehead atoms. The molecule has 1 atom stereocenters. The Morgan fingerprint density at radius 2 is 1.64 bits per heavy atom. The van der Waals surface area contributed by atoms with Crippen molar-refractivity contribution in [3.63, 3.8) is 0 Å². The first-order valence-corrected chi connectivity index (χ1v) is 7.44. The summed E-state index contributed by atoms with van der Waals surface area (Å²) < 4.78 is 37.4. The lowest BCUT2D eigenvalue weighted by molar-refractivity contribution is -0.137. The Bertz CT molecular complexity index is 626. The summed E-state index contributed by atoms with van der Waals surface area (Å²) in [5.41, 5.74) is -0.393. The van der Waals surface area contributed by atoms with E-state index in [2.05, 4.69) is 5.32 Å². The van der Waals surface area contributed by atoms with Crippen molar-refractivity contribution in [2.75, 3.05) is 5.32 Å². The van der Waals surface area contributed by atoms with Crippen LogP contribution < -0.4 is 5.32 Å². The minimum absolute atomic E-state index is 0.256. The van der Waals surface area contributed by atoms with Crippen molar-refractivity contribution in [3.05, 3.63) is 60.2 Å². The predicted molar refractivity (Wildman–Crippen MR) is 81.8 cm³/mol. The largest absolute Gasteiger partial charge is 0.416 e. The van der Waals surface area contributed by atoms with Gasteiger partial charge in [-0.15, -0.1) is 11.8 Å². The molecule has 0 aromatic heterocycles. The number of amides is 1. The molecular weight excluding hydrogens is 311 g/mol. The normalized spacial score (nSPS) is 12.7. The molecule has 0 saturated carbocycles. The van der Waals surface area contributed by atoms with Gasteiger partial charge >= 0.3 is 6.18 Å². The minimum Gasteiger partial charge on any atom is -0.325 e. The van der Waals surface area contributed by atoms with Crippen molar-refractivity contribution in [1.29, 1.82) is 0 Å². The fraction of sp³-hybridized carbons (Fsp3) is 0.188. The van der Waals surface area contributed by atoms with Gasteiger partial charge in [-0.3, -0.25) is 4.79 Å². The van der Waals surface area contributed by atoms with Gasteiger partial charge in [-0.25, -0.2) is 0 Å². The number of hydrogen-bond donors (Lipinski definition) is 1. The Kier molecular flexibility index (Phi) is 5.13. The fourth-order valence-corrected chi connectivity index (χ4v) is 2.63. The number of alkyl halides is 3. The molecule has 2 aromatic carbocycles. The molecule has 0 aliphatic heterocycles. The number of carbonyl (C=O) groups excluding carboxylic acids is 1. The number of benzene rings is 2. The molecule has 0 radical (unpaired) electrons. The first kappa shape index (κ1) is 16.4. The molecule has 0 aliphatic carbocycles. The summed E-state index contributed by atoms with van der Waals surface area (Å²) in [6, 6.07) is 13.8. The number of rotatable bonds is 4. The second-order valence-electron chi connectivity index (χ2n) is 4.64. The molecule has 1 N–H and O–H groups in total. The molecule has 1 amide bonds. The third-order valence-corrected chi connectivity index (χ3v) is 4.02. The molecular formula is C16H14F3NOS. The van der Waals surface area contributed by atoms with Gasteiger partial charge in [0.15, 0.2) is 0 Å². The van der Waals surface area contributed by atoms with E-state index in [0.717, 1.165) is 17.0 Å². The van der Waals surface area contributed by atoms with E-state index in [1.807, 2.05) is 30.3 Å². The monoisotopic (exact) mass is 325 g/mol. The van der Waals surface area contributed by atoms with Crippen LogP contribution in [0.25, 0.3) is 0 Å². The van der Waals surface area contributed by atoms with E-state index in [1.54, 1.807) is 6.92 Å². The molecule has 22 heavy (non-hydrogen) atoms. The Labute approximate surface area is 130 Å². The third kappa shape index (κ3) is 4.53. The summed E-state index contributed by atoms with van der Waals surface area (Å²) >= 11 is 1.39. The van der Waals surface area contributed by atoms with Gasteiger partial charge in [-0.1, -0.05) is 18.2 Å². The highest BCUT2D eigenvalue weighted by Crippen LogP contribution is 2.30. The van der Waals surface area contributed by atoms with Crippen molar-refractivity contribution in [2.24, 2.45) is 0 Å². The van der Waals surface area contributed by atoms with E-state index in [1.165, 1.54) is 23.9 Å². The molecule has 0 aliphatic rings. The van der Waals surface area contributed by atoms with Crippen molar-refractivity contribution in [1.82, 2.24) is 0 Å². The van der Waals surface area contributed by atoms with Gasteiger partial charge in [-0.2, -0.15) is 13.2 Å². The highest BCUT2D eigenvalue weighted by Gasteiger charge is 2.30. The zero-order chi connectivity index (χ0) is 16.2. The van der Waals surface area contributed by atoms with E-state index >= 15 is 0 Å². The van der Waals surface area contributed by atoms with E-state index < -0.39 is 11.7 Å². The van der Waals surface area contributed by atoms with Crippen LogP contribution in [0.4, 0.5) is 18.9 Å². The van der Waals surface area contributed by atoms with Crippen molar-refractivity contribution < 1.29 is 18.0 Å². The quantitative estimate of drug-likeness (QED) is 0.816. The second kappa shape index (κ2) is 6.87. The molecule has 2 rings (SSSR count). The molecule has 0 saturated heterocycles. The lowest BCUT2D eigenvalue weighted by Gasteiger charge is -2.13. The van der Waals surface area contributed by atoms with Crippen LogP contribution in [0.2, 0.25) is 0 Å². The summed E-state index contributed by atoms with van der Waals surface area (Å²) in [6.07, 6.45) is -4.38. The average molecular weight is 325 g/mol. The molecule has 0 unspecified atom stereocenters. The Balaban J connectivity index is 1.96. The van der Waals surface area contributed by atoms with Crippen molar-refractivity contribution in [3.8, 4) is 0 Å². The minimum atomic E-state index is -4.38. The highest BCUT2D eigenvalue weighted by molar-refractivity contribution is 8.00. The second-order valence-corrected chi connectivity index (χ2v) is 6.05. The van der Waals surface area contributed by atoms with Gasteiger partial charge in [0.25, 0.3) is 0 Å². The van der Waals surface area contributed by atoms with E-state index in [-0.39, 0.29) is 11.2 Å². The number of hydrogen-bond acceptors (Lipinski definition) is 2. The van der Waals surface area contributed by atoms with Gasteiger partial charge in [0, 0.05) is 10.6 Å². The molecule has 2 aromatic rings. The van der Waals surface area contributed by atoms with Crippen LogP contribution >= 0.6 is 11.8 Å². The lowest BCUT2D eigenvalue weighted by Crippen LogP contribution is -2.22. The average Bonchev–Trinajstić information content (AvgIpc) is 2.48. The van der Waals surface area contributed by atoms with Crippen LogP contribution in [-0.2, 0) is 11.0 Å². The first-order chi connectivity index (χ1) is 10.4. The Morgan fingerprint density at radius 3 is 2.18 bits per heavy atom. The molecule has 0 spiro atoms. The number of carbonyl (C=O) groups is 1. The third-order valence-electron chi connectivity index (χ3n) is 2.91. The summed E-state index contributed by atoms with van der Waals surface area (Å²) in [5.74, 6) is -0.256. The highest BCUT2D eigenvalue weighted by atomic mass is 32.2. The SMILES string of the molecule is C[C@H](Sc1ccccc1)C(=O)Nc1ccc(C(F)(F)F)cc1. The van der Waals surface area contributed by atoms with E-state index in [4.69, 9.17) is 0 Å². The molecule has 2 nitrogen and oxygen atoms in total. The molecule has 0 fully saturated rings. The predicted octanol–water partition coefficient (Wildman–Crippen LogP) is 4.82. The summed E-state index contributed by atoms with van der Waals surface area (Å²) in [5, 5.41) is 2.26. The number of anilines is 1. The number of nitrogens with one attached hydrogen (secondary N) is 1. The maximum absolute atomic E-state index is 12.5. The zero-order valence-electron chi connectivity index (χ0n) is 11.7. The maximum Gasteiger partial charge on any atom is 0.416 e. The van der Waals surface area contributed by atoms with Crippen LogP contribution in [0, 0.1) is 0 Å². The molecule has 0 heterocycles. The lowest BCUT2D eigenvalue weighted by atomic mass is 10.2. The van der Waals surface area contributed by atoms with Crippen molar-refractivity contribution >= 4 is 23.4 Å². The van der Waals surface area contributed by atoms with Crippen LogP contribution in [0.5, 0.6) is 0 Å². The summed E-state index contributed by atoms with van der Waals surface area (Å²) in [6.45, 7) is 1.75. The van der Waals surface area contributed by atoms with Crippen LogP contribution in [0.15, 0.2) is 59.5 Å². The molecule has 6 heteroatoms. The first-order valence-electron chi connectivity index (χ1n) is 6.56. The van der Waals surface area contributed by atoms with Gasteiger partial charge in [0.2, 0.25) is 5.91 Å². The van der Waals surface area contributed by atoms with Gasteiger partial charge in [-0.05, 0) is 43.3 Å². The molecule has 116 valence electrons. The van der Waals surface area contributed by atoms with E-state index in [9.17, 15) is 18.0 Å². The van der Waals surface area contributed by atoms with Crippen LogP contribution in [0.3, 0.4) is 0 Å². The smallest absolute Gasteiger partial charge is 0.325 e. The standard InChI is InChI=1S/C16H14F3NOS/c1-11(22-14-5-3-2-4-6-14)15(21)20-13-9-7-12(8-10-13)16(17,18)19/h2-11H,1H3,(H,20,21)/t11-/m0/s1. The van der Waals surface area contributed by atoms with Crippen LogP contribution in [-0.4, -0.2) is 11.2 Å². The van der Waals surface area contributed by atoms with Gasteiger partial charge in [0.05, 0.1) is 10.8 Å². The van der Waals surface area contributed by atoms with E-state index in [0.29, 0.717) is 5.69 Å². The fourth-order valence-electron chi connectivity index (χ4n) is 1.74. The van der Waals surface area contributed by atoms with Crippen LogP contribution in [0.1, 0.15) is 12.5 Å². The van der Waals surface area contributed by atoms with Gasteiger partial charge < -0.3 is 5.32 Å². The number of halogens is 3. The summed E-state index contributed by atoms with van der Waals surface area (Å²) in [4.78, 5) is 13.0. The van der Waals surface area contributed by atoms with Gasteiger partial charge in [0.1, 0.15) is 0 Å². The maximum atomic E-state index is 12.5. The topological polar surface area (TPSA) is 29.1 Å². The number of thioether (sulfide) groups is 1. The Hall–Kier alpha value is -1.95. The Morgan fingerprint density at radius 1 is 1.05 bits per heavy atom. The van der Waals surface area contributed by atoms with Crippen molar-refractivity contribution in [2.45, 2.75) is 23.2 Å². The zero-order valence-corrected chi connectivity index (χ0v) is 12.5.